The Kier molecular flexibility index (Phi) is 3.85. The molecule has 0 amide bonds. The van der Waals surface area contributed by atoms with E-state index >= 15 is 0 Å². The maximum atomic E-state index is 11.0. The average molecular weight is 262 g/mol. The fourth-order valence-corrected chi connectivity index (χ4v) is 1.75. The molecule has 0 fully saturated rings. The Hall–Kier alpha value is -1.88. The Labute approximate surface area is 111 Å². The van der Waals surface area contributed by atoms with Crippen molar-refractivity contribution in [3.05, 3.63) is 30.2 Å². The minimum Gasteiger partial charge on any atom is -0.481 e. The van der Waals surface area contributed by atoms with E-state index in [2.05, 4.69) is 10.3 Å². The third-order valence-corrected chi connectivity index (χ3v) is 3.23. The molecule has 5 heteroatoms. The van der Waals surface area contributed by atoms with Crippen LogP contribution >= 0.6 is 0 Å². The normalized spacial score (nSPS) is 11.9. The first-order valence-electron chi connectivity index (χ1n) is 6.25. The summed E-state index contributed by atoms with van der Waals surface area (Å²) >= 11 is 0. The lowest BCUT2D eigenvalue weighted by Gasteiger charge is -2.18. The van der Waals surface area contributed by atoms with Crippen molar-refractivity contribution in [3.63, 3.8) is 0 Å². The van der Waals surface area contributed by atoms with Gasteiger partial charge in [0.25, 0.3) is 0 Å². The van der Waals surface area contributed by atoms with Gasteiger partial charge in [-0.1, -0.05) is 6.07 Å². The maximum absolute atomic E-state index is 11.0. The number of carboxylic acids is 1. The molecule has 5 nitrogen and oxygen atoms in total. The second-order valence-electron chi connectivity index (χ2n) is 5.27. The van der Waals surface area contributed by atoms with E-state index in [0.717, 1.165) is 16.7 Å². The number of carboxylic acid groups (broad SMARTS) is 1. The van der Waals surface area contributed by atoms with Gasteiger partial charge in [-0.25, -0.2) is 4.98 Å². The minimum atomic E-state index is -0.766. The number of aromatic nitrogens is 1. The van der Waals surface area contributed by atoms with Gasteiger partial charge in [-0.15, -0.1) is 0 Å². The lowest BCUT2D eigenvalue weighted by molar-refractivity contribution is -0.147. The lowest BCUT2D eigenvalue weighted by Crippen LogP contribution is -2.28. The van der Waals surface area contributed by atoms with Gasteiger partial charge >= 0.3 is 5.97 Å². The molecule has 0 radical (unpaired) electrons. The van der Waals surface area contributed by atoms with E-state index in [1.807, 2.05) is 18.2 Å². The number of benzene rings is 1. The first kappa shape index (κ1) is 13.5. The molecule has 0 bridgehead atoms. The summed E-state index contributed by atoms with van der Waals surface area (Å²) in [5, 5.41) is 12.2. The van der Waals surface area contributed by atoms with E-state index in [0.29, 0.717) is 19.5 Å². The van der Waals surface area contributed by atoms with Gasteiger partial charge in [-0.2, -0.15) is 0 Å². The fraction of sp³-hybridized carbons (Fsp3) is 0.429. The van der Waals surface area contributed by atoms with Crippen LogP contribution in [0.3, 0.4) is 0 Å². The number of hydrogen-bond donors (Lipinski definition) is 2. The van der Waals surface area contributed by atoms with E-state index in [4.69, 9.17) is 9.52 Å². The Morgan fingerprint density at radius 1 is 1.47 bits per heavy atom. The predicted molar refractivity (Wildman–Crippen MR) is 71.7 cm³/mol. The fourth-order valence-electron chi connectivity index (χ4n) is 1.75. The van der Waals surface area contributed by atoms with Crippen LogP contribution in [0.2, 0.25) is 0 Å². The maximum Gasteiger partial charge on any atom is 0.309 e. The molecule has 2 rings (SSSR count). The highest BCUT2D eigenvalue weighted by atomic mass is 16.4. The number of aliphatic carboxylic acids is 1. The molecule has 0 atom stereocenters. The Morgan fingerprint density at radius 2 is 2.26 bits per heavy atom. The summed E-state index contributed by atoms with van der Waals surface area (Å²) in [5.74, 6) is -0.766. The van der Waals surface area contributed by atoms with Crippen molar-refractivity contribution < 1.29 is 14.3 Å². The van der Waals surface area contributed by atoms with Gasteiger partial charge in [0.15, 0.2) is 12.0 Å². The van der Waals surface area contributed by atoms with Crippen LogP contribution < -0.4 is 5.32 Å². The van der Waals surface area contributed by atoms with E-state index in [9.17, 15) is 4.79 Å². The molecule has 0 aliphatic heterocycles. The van der Waals surface area contributed by atoms with Gasteiger partial charge in [-0.3, -0.25) is 4.79 Å². The molecule has 0 aliphatic carbocycles. The number of rotatable bonds is 6. The lowest BCUT2D eigenvalue weighted by atomic mass is 9.90. The highest BCUT2D eigenvalue weighted by molar-refractivity contribution is 5.73. The van der Waals surface area contributed by atoms with Gasteiger partial charge in [0.1, 0.15) is 5.52 Å². The Bertz CT molecular complexity index is 575. The van der Waals surface area contributed by atoms with Crippen molar-refractivity contribution in [2.45, 2.75) is 26.8 Å². The Balaban J connectivity index is 1.84. The zero-order valence-corrected chi connectivity index (χ0v) is 11.1. The van der Waals surface area contributed by atoms with Gasteiger partial charge in [0, 0.05) is 6.54 Å². The van der Waals surface area contributed by atoms with E-state index in [1.54, 1.807) is 13.8 Å². The molecule has 2 aromatic rings. The number of nitrogens with one attached hydrogen (secondary N) is 1. The molecular formula is C14H18N2O3. The highest BCUT2D eigenvalue weighted by Crippen LogP contribution is 2.19. The van der Waals surface area contributed by atoms with Crippen LogP contribution in [0.15, 0.2) is 29.0 Å². The second-order valence-corrected chi connectivity index (χ2v) is 5.27. The van der Waals surface area contributed by atoms with Crippen molar-refractivity contribution in [2.24, 2.45) is 5.41 Å². The van der Waals surface area contributed by atoms with Gasteiger partial charge in [0.2, 0.25) is 0 Å². The molecule has 0 unspecified atom stereocenters. The van der Waals surface area contributed by atoms with Crippen molar-refractivity contribution in [3.8, 4) is 0 Å². The third-order valence-electron chi connectivity index (χ3n) is 3.23. The van der Waals surface area contributed by atoms with Crippen LogP contribution in [0.1, 0.15) is 25.8 Å². The quantitative estimate of drug-likeness (QED) is 0.782. The van der Waals surface area contributed by atoms with Crippen molar-refractivity contribution in [1.29, 1.82) is 0 Å². The molecule has 2 N–H and O–H groups in total. The van der Waals surface area contributed by atoms with Crippen LogP contribution in [0, 0.1) is 5.41 Å². The van der Waals surface area contributed by atoms with Crippen LogP contribution in [-0.2, 0) is 11.3 Å². The van der Waals surface area contributed by atoms with Crippen molar-refractivity contribution >= 4 is 17.1 Å². The summed E-state index contributed by atoms with van der Waals surface area (Å²) < 4.78 is 5.23. The smallest absolute Gasteiger partial charge is 0.309 e. The first-order valence-corrected chi connectivity index (χ1v) is 6.25. The minimum absolute atomic E-state index is 0.590. The van der Waals surface area contributed by atoms with Crippen molar-refractivity contribution in [1.82, 2.24) is 10.3 Å². The molecule has 1 aromatic carbocycles. The topological polar surface area (TPSA) is 75.4 Å². The molecule has 0 saturated carbocycles. The summed E-state index contributed by atoms with van der Waals surface area (Å²) in [7, 11) is 0. The van der Waals surface area contributed by atoms with Gasteiger partial charge in [-0.05, 0) is 44.5 Å². The van der Waals surface area contributed by atoms with Crippen LogP contribution in [0.5, 0.6) is 0 Å². The summed E-state index contributed by atoms with van der Waals surface area (Å²) in [6.45, 7) is 4.81. The van der Waals surface area contributed by atoms with E-state index in [-0.39, 0.29) is 0 Å². The number of carbonyl (C=O) groups is 1. The van der Waals surface area contributed by atoms with Gasteiger partial charge in [0.05, 0.1) is 5.41 Å². The monoisotopic (exact) mass is 262 g/mol. The molecule has 0 aliphatic rings. The first-order chi connectivity index (χ1) is 8.99. The number of nitrogens with zero attached hydrogens (tertiary/aromatic N) is 1. The zero-order valence-electron chi connectivity index (χ0n) is 11.1. The highest BCUT2D eigenvalue weighted by Gasteiger charge is 2.25. The molecule has 19 heavy (non-hydrogen) atoms. The van der Waals surface area contributed by atoms with Crippen LogP contribution in [0.25, 0.3) is 11.1 Å². The summed E-state index contributed by atoms with van der Waals surface area (Å²) in [6.07, 6.45) is 2.02. The largest absolute Gasteiger partial charge is 0.481 e. The van der Waals surface area contributed by atoms with E-state index in [1.165, 1.54) is 6.39 Å². The number of hydrogen-bond acceptors (Lipinski definition) is 4. The standard InChI is InChI=1S/C14H18N2O3/c1-14(2,13(17)18)5-6-15-8-10-3-4-11-12(7-10)19-9-16-11/h3-4,7,9,15H,5-6,8H2,1-2H3,(H,17,18). The van der Waals surface area contributed by atoms with Crippen LogP contribution in [0.4, 0.5) is 0 Å². The summed E-state index contributed by atoms with van der Waals surface area (Å²) in [4.78, 5) is 15.0. The number of oxazole rings is 1. The molecule has 0 saturated heterocycles. The molecule has 102 valence electrons. The molecule has 0 spiro atoms. The molecular weight excluding hydrogens is 244 g/mol. The van der Waals surface area contributed by atoms with E-state index < -0.39 is 11.4 Å². The van der Waals surface area contributed by atoms with Gasteiger partial charge < -0.3 is 14.8 Å². The second kappa shape index (κ2) is 5.40. The Morgan fingerprint density at radius 3 is 3.00 bits per heavy atom. The molecule has 1 heterocycles. The third kappa shape index (κ3) is 3.32. The molecule has 1 aromatic heterocycles. The van der Waals surface area contributed by atoms with Crippen molar-refractivity contribution in [2.75, 3.05) is 6.54 Å². The zero-order chi connectivity index (χ0) is 13.9. The SMILES string of the molecule is CC(C)(CCNCc1ccc2ncoc2c1)C(=O)O. The number of fused-ring (bicyclic) bond motifs is 1. The summed E-state index contributed by atoms with van der Waals surface area (Å²) in [5.41, 5.74) is 2.01. The summed E-state index contributed by atoms with van der Waals surface area (Å²) in [6, 6.07) is 5.84. The average Bonchev–Trinajstić information content (AvgIpc) is 2.81. The van der Waals surface area contributed by atoms with Crippen LogP contribution in [-0.4, -0.2) is 22.6 Å². The predicted octanol–water partition coefficient (Wildman–Crippen LogP) is 2.42.